The number of rotatable bonds is 5. The molecule has 4 nitrogen and oxygen atoms in total. The SMILES string of the molecule is CCn1nccc1C(O)C1(CN)CCC(C(C)C)CC1. The van der Waals surface area contributed by atoms with Gasteiger partial charge >= 0.3 is 0 Å². The molecule has 114 valence electrons. The van der Waals surface area contributed by atoms with Gasteiger partial charge in [-0.05, 0) is 50.5 Å². The zero-order valence-corrected chi connectivity index (χ0v) is 13.0. The zero-order valence-electron chi connectivity index (χ0n) is 13.0. The van der Waals surface area contributed by atoms with Crippen LogP contribution in [0.25, 0.3) is 0 Å². The smallest absolute Gasteiger partial charge is 0.102 e. The summed E-state index contributed by atoms with van der Waals surface area (Å²) in [6.45, 7) is 7.97. The van der Waals surface area contributed by atoms with Gasteiger partial charge < -0.3 is 10.8 Å². The van der Waals surface area contributed by atoms with Gasteiger partial charge in [0.05, 0.1) is 5.69 Å². The first-order valence-corrected chi connectivity index (χ1v) is 7.94. The van der Waals surface area contributed by atoms with Gasteiger partial charge in [0.1, 0.15) is 6.10 Å². The van der Waals surface area contributed by atoms with E-state index in [0.29, 0.717) is 6.54 Å². The van der Waals surface area contributed by atoms with Crippen molar-refractivity contribution >= 4 is 0 Å². The van der Waals surface area contributed by atoms with Crippen molar-refractivity contribution in [2.75, 3.05) is 6.54 Å². The van der Waals surface area contributed by atoms with Crippen LogP contribution in [0.15, 0.2) is 12.3 Å². The Balaban J connectivity index is 2.16. The molecule has 0 radical (unpaired) electrons. The van der Waals surface area contributed by atoms with E-state index in [1.807, 2.05) is 17.7 Å². The molecule has 1 saturated carbocycles. The number of hydrogen-bond acceptors (Lipinski definition) is 3. The predicted molar refractivity (Wildman–Crippen MR) is 81.1 cm³/mol. The highest BCUT2D eigenvalue weighted by atomic mass is 16.3. The van der Waals surface area contributed by atoms with Crippen LogP contribution >= 0.6 is 0 Å². The second-order valence-electron chi connectivity index (χ2n) is 6.62. The summed E-state index contributed by atoms with van der Waals surface area (Å²) in [5.41, 5.74) is 6.82. The molecule has 0 bridgehead atoms. The summed E-state index contributed by atoms with van der Waals surface area (Å²) in [5.74, 6) is 1.50. The van der Waals surface area contributed by atoms with Gasteiger partial charge in [-0.1, -0.05) is 13.8 Å². The largest absolute Gasteiger partial charge is 0.386 e. The van der Waals surface area contributed by atoms with E-state index in [-0.39, 0.29) is 5.41 Å². The number of hydrogen-bond donors (Lipinski definition) is 2. The average molecular weight is 279 g/mol. The van der Waals surface area contributed by atoms with Gasteiger partial charge in [-0.3, -0.25) is 4.68 Å². The normalized spacial score (nSPS) is 28.8. The Hall–Kier alpha value is -0.870. The molecule has 2 rings (SSSR count). The van der Waals surface area contributed by atoms with Crippen molar-refractivity contribution in [2.45, 2.75) is 59.1 Å². The van der Waals surface area contributed by atoms with E-state index in [0.717, 1.165) is 36.9 Å². The summed E-state index contributed by atoms with van der Waals surface area (Å²) in [7, 11) is 0. The Morgan fingerprint density at radius 2 is 2.10 bits per heavy atom. The molecule has 1 fully saturated rings. The third-order valence-corrected chi connectivity index (χ3v) is 5.28. The molecule has 0 aromatic carbocycles. The lowest BCUT2D eigenvalue weighted by molar-refractivity contribution is -0.0198. The molecular weight excluding hydrogens is 250 g/mol. The highest BCUT2D eigenvalue weighted by molar-refractivity contribution is 5.10. The topological polar surface area (TPSA) is 64.1 Å². The average Bonchev–Trinajstić information content (AvgIpc) is 2.94. The summed E-state index contributed by atoms with van der Waals surface area (Å²) in [6, 6.07) is 1.93. The minimum atomic E-state index is -0.497. The quantitative estimate of drug-likeness (QED) is 0.871. The van der Waals surface area contributed by atoms with Gasteiger partial charge in [0, 0.05) is 24.7 Å². The van der Waals surface area contributed by atoms with E-state index < -0.39 is 6.10 Å². The third-order valence-electron chi connectivity index (χ3n) is 5.28. The fourth-order valence-electron chi connectivity index (χ4n) is 3.62. The summed E-state index contributed by atoms with van der Waals surface area (Å²) >= 11 is 0. The molecule has 1 heterocycles. The molecule has 4 heteroatoms. The van der Waals surface area contributed by atoms with E-state index in [1.54, 1.807) is 6.20 Å². The third kappa shape index (κ3) is 2.77. The van der Waals surface area contributed by atoms with Crippen LogP contribution in [0.5, 0.6) is 0 Å². The van der Waals surface area contributed by atoms with Gasteiger partial charge in [-0.2, -0.15) is 5.10 Å². The van der Waals surface area contributed by atoms with Crippen molar-refractivity contribution in [2.24, 2.45) is 23.0 Å². The molecule has 0 amide bonds. The van der Waals surface area contributed by atoms with Crippen LogP contribution in [-0.4, -0.2) is 21.4 Å². The van der Waals surface area contributed by atoms with Crippen LogP contribution in [0.1, 0.15) is 58.3 Å². The maximum Gasteiger partial charge on any atom is 0.102 e. The fourth-order valence-corrected chi connectivity index (χ4v) is 3.62. The molecule has 20 heavy (non-hydrogen) atoms. The maximum absolute atomic E-state index is 10.9. The number of aliphatic hydroxyl groups excluding tert-OH is 1. The number of nitrogens with two attached hydrogens (primary N) is 1. The first-order chi connectivity index (χ1) is 9.54. The van der Waals surface area contributed by atoms with Crippen LogP contribution in [0.2, 0.25) is 0 Å². The van der Waals surface area contributed by atoms with Crippen LogP contribution in [0.3, 0.4) is 0 Å². The molecule has 1 aliphatic rings. The summed E-state index contributed by atoms with van der Waals surface area (Å²) in [6.07, 6.45) is 5.65. The minimum absolute atomic E-state index is 0.168. The molecular formula is C16H29N3O. The Kier molecular flexibility index (Phi) is 4.86. The van der Waals surface area contributed by atoms with Crippen molar-refractivity contribution in [3.05, 3.63) is 18.0 Å². The molecule has 1 unspecified atom stereocenters. The second kappa shape index (κ2) is 6.27. The number of aryl methyl sites for hydroxylation is 1. The molecule has 1 aromatic rings. The highest BCUT2D eigenvalue weighted by Gasteiger charge is 2.42. The lowest BCUT2D eigenvalue weighted by Gasteiger charge is -2.43. The van der Waals surface area contributed by atoms with E-state index in [9.17, 15) is 5.11 Å². The van der Waals surface area contributed by atoms with Crippen LogP contribution in [0, 0.1) is 17.3 Å². The van der Waals surface area contributed by atoms with Crippen molar-refractivity contribution in [3.63, 3.8) is 0 Å². The van der Waals surface area contributed by atoms with Crippen LogP contribution < -0.4 is 5.73 Å². The molecule has 1 atom stereocenters. The monoisotopic (exact) mass is 279 g/mol. The van der Waals surface area contributed by atoms with E-state index in [1.165, 1.54) is 12.8 Å². The molecule has 0 aliphatic heterocycles. The van der Waals surface area contributed by atoms with Gasteiger partial charge in [0.25, 0.3) is 0 Å². The van der Waals surface area contributed by atoms with Crippen LogP contribution in [-0.2, 0) is 6.54 Å². The lowest BCUT2D eigenvalue weighted by atomic mass is 9.64. The van der Waals surface area contributed by atoms with Gasteiger partial charge in [-0.15, -0.1) is 0 Å². The molecule has 3 N–H and O–H groups in total. The maximum atomic E-state index is 10.9. The molecule has 0 saturated heterocycles. The summed E-state index contributed by atoms with van der Waals surface area (Å²) in [4.78, 5) is 0. The van der Waals surface area contributed by atoms with E-state index in [2.05, 4.69) is 18.9 Å². The first kappa shape index (κ1) is 15.5. The molecule has 0 spiro atoms. The van der Waals surface area contributed by atoms with Crippen molar-refractivity contribution in [1.29, 1.82) is 0 Å². The summed E-state index contributed by atoms with van der Waals surface area (Å²) < 4.78 is 1.89. The van der Waals surface area contributed by atoms with Crippen molar-refractivity contribution < 1.29 is 5.11 Å². The van der Waals surface area contributed by atoms with E-state index >= 15 is 0 Å². The lowest BCUT2D eigenvalue weighted by Crippen LogP contribution is -2.41. The zero-order chi connectivity index (χ0) is 14.8. The number of nitrogens with zero attached hydrogens (tertiary/aromatic N) is 2. The van der Waals surface area contributed by atoms with Gasteiger partial charge in [0.2, 0.25) is 0 Å². The van der Waals surface area contributed by atoms with Crippen molar-refractivity contribution in [3.8, 4) is 0 Å². The van der Waals surface area contributed by atoms with Crippen LogP contribution in [0.4, 0.5) is 0 Å². The highest BCUT2D eigenvalue weighted by Crippen LogP contribution is 2.48. The van der Waals surface area contributed by atoms with Crippen molar-refractivity contribution in [1.82, 2.24) is 9.78 Å². The molecule has 1 aromatic heterocycles. The Morgan fingerprint density at radius 1 is 1.45 bits per heavy atom. The Morgan fingerprint density at radius 3 is 2.60 bits per heavy atom. The standard InChI is InChI=1S/C16H29N3O/c1-4-19-14(7-10-18-19)15(20)16(11-17)8-5-13(6-9-16)12(2)3/h7,10,12-13,15,20H,4-6,8-9,11,17H2,1-3H3. The Bertz CT molecular complexity index is 419. The van der Waals surface area contributed by atoms with E-state index in [4.69, 9.17) is 5.73 Å². The predicted octanol–water partition coefficient (Wildman–Crippen LogP) is 2.73. The first-order valence-electron chi connectivity index (χ1n) is 7.94. The summed E-state index contributed by atoms with van der Waals surface area (Å²) in [5, 5.41) is 15.2. The van der Waals surface area contributed by atoms with Gasteiger partial charge in [0.15, 0.2) is 0 Å². The number of aromatic nitrogens is 2. The fraction of sp³-hybridized carbons (Fsp3) is 0.812. The number of aliphatic hydroxyl groups is 1. The second-order valence-corrected chi connectivity index (χ2v) is 6.62. The minimum Gasteiger partial charge on any atom is -0.386 e. The van der Waals surface area contributed by atoms with Gasteiger partial charge in [-0.25, -0.2) is 0 Å². The Labute approximate surface area is 122 Å². The molecule has 1 aliphatic carbocycles.